The van der Waals surface area contributed by atoms with Crippen molar-refractivity contribution in [2.75, 3.05) is 65.8 Å². The van der Waals surface area contributed by atoms with Crippen LogP contribution >= 0.6 is 12.2 Å². The van der Waals surface area contributed by atoms with Crippen LogP contribution in [-0.2, 0) is 6.42 Å². The molecule has 7 nitrogen and oxygen atoms in total. The van der Waals surface area contributed by atoms with Gasteiger partial charge in [0.2, 0.25) is 5.95 Å². The van der Waals surface area contributed by atoms with Crippen molar-refractivity contribution < 1.29 is 4.39 Å². The first kappa shape index (κ1) is 28.1. The van der Waals surface area contributed by atoms with Crippen LogP contribution in [0.5, 0.6) is 0 Å². The quantitative estimate of drug-likeness (QED) is 0.282. The van der Waals surface area contributed by atoms with Crippen LogP contribution in [0.2, 0.25) is 0 Å². The fourth-order valence-corrected chi connectivity index (χ4v) is 5.97. The summed E-state index contributed by atoms with van der Waals surface area (Å²) in [7, 11) is 0. The molecule has 0 radical (unpaired) electrons. The van der Waals surface area contributed by atoms with E-state index in [0.717, 1.165) is 69.3 Å². The molecule has 3 aromatic rings. The molecule has 2 N–H and O–H groups in total. The van der Waals surface area contributed by atoms with E-state index < -0.39 is 0 Å². The van der Waals surface area contributed by atoms with Gasteiger partial charge in [-0.3, -0.25) is 0 Å². The number of nitrogens with one attached hydrogen (secondary N) is 2. The Balaban J connectivity index is 1.24. The monoisotopic (exact) mass is 561 g/mol. The number of hydrogen-bond donors (Lipinski definition) is 2. The molecule has 9 heteroatoms. The lowest BCUT2D eigenvalue weighted by molar-refractivity contribution is 0.355. The summed E-state index contributed by atoms with van der Waals surface area (Å²) >= 11 is 5.60. The average molecular weight is 562 g/mol. The molecule has 2 fully saturated rings. The molecule has 0 unspecified atom stereocenters. The molecule has 40 heavy (non-hydrogen) atoms. The minimum atomic E-state index is -0.208. The number of nitrogens with zero attached hydrogens (tertiary/aromatic N) is 5. The first-order chi connectivity index (χ1) is 19.4. The van der Waals surface area contributed by atoms with E-state index in [9.17, 15) is 4.39 Å². The van der Waals surface area contributed by atoms with Crippen LogP contribution in [0, 0.1) is 17.7 Å². The lowest BCUT2D eigenvalue weighted by atomic mass is 9.92. The Morgan fingerprint density at radius 2 is 1.50 bits per heavy atom. The van der Waals surface area contributed by atoms with Crippen LogP contribution in [0.25, 0.3) is 0 Å². The topological polar surface area (TPSA) is 59.6 Å². The van der Waals surface area contributed by atoms with Crippen molar-refractivity contribution in [1.29, 1.82) is 0 Å². The molecule has 1 aromatic heterocycles. The Morgan fingerprint density at radius 3 is 2.17 bits per heavy atom. The van der Waals surface area contributed by atoms with Gasteiger partial charge in [-0.15, -0.1) is 0 Å². The van der Waals surface area contributed by atoms with Crippen LogP contribution in [0.3, 0.4) is 0 Å². The van der Waals surface area contributed by atoms with Crippen molar-refractivity contribution in [3.63, 3.8) is 0 Å². The smallest absolute Gasteiger partial charge is 0.232 e. The van der Waals surface area contributed by atoms with Crippen LogP contribution in [0.15, 0.2) is 60.7 Å². The van der Waals surface area contributed by atoms with Gasteiger partial charge in [-0.1, -0.05) is 44.2 Å². The first-order valence-corrected chi connectivity index (χ1v) is 14.8. The molecule has 0 aliphatic carbocycles. The predicted molar refractivity (Wildman–Crippen MR) is 167 cm³/mol. The van der Waals surface area contributed by atoms with Crippen molar-refractivity contribution >= 4 is 40.6 Å². The SMILES string of the molecule is C[C@@H]1C[C@@H](C)CN(c2cc(N3CCN(c4ccccc4)CC3)nc(NC(=S)NCCCc3ccc(F)cc3)n2)C1. The number of piperazine rings is 1. The molecule has 2 aliphatic rings. The number of anilines is 4. The summed E-state index contributed by atoms with van der Waals surface area (Å²) in [4.78, 5) is 17.0. The van der Waals surface area contributed by atoms with Gasteiger partial charge in [-0.25, -0.2) is 4.39 Å². The maximum Gasteiger partial charge on any atom is 0.232 e. The second-order valence-corrected chi connectivity index (χ2v) is 11.6. The number of benzene rings is 2. The highest BCUT2D eigenvalue weighted by Crippen LogP contribution is 2.29. The zero-order valence-electron chi connectivity index (χ0n) is 23.5. The fourth-order valence-electron chi connectivity index (χ4n) is 5.78. The highest BCUT2D eigenvalue weighted by atomic mass is 32.1. The molecule has 0 bridgehead atoms. The largest absolute Gasteiger partial charge is 0.368 e. The first-order valence-electron chi connectivity index (χ1n) is 14.4. The Labute approximate surface area is 242 Å². The third-order valence-electron chi connectivity index (χ3n) is 7.68. The molecule has 0 amide bonds. The minimum Gasteiger partial charge on any atom is -0.368 e. The zero-order chi connectivity index (χ0) is 27.9. The summed E-state index contributed by atoms with van der Waals surface area (Å²) < 4.78 is 13.2. The maximum absolute atomic E-state index is 13.2. The molecule has 0 spiro atoms. The van der Waals surface area contributed by atoms with E-state index in [0.29, 0.717) is 29.4 Å². The Kier molecular flexibility index (Phi) is 9.31. The van der Waals surface area contributed by atoms with Gasteiger partial charge in [0.05, 0.1) is 0 Å². The molecule has 2 saturated heterocycles. The number of thiocarbonyl (C=S) groups is 1. The van der Waals surface area contributed by atoms with E-state index in [1.165, 1.54) is 24.2 Å². The highest BCUT2D eigenvalue weighted by molar-refractivity contribution is 7.80. The lowest BCUT2D eigenvalue weighted by Crippen LogP contribution is -2.47. The third kappa shape index (κ3) is 7.59. The molecule has 0 saturated carbocycles. The van der Waals surface area contributed by atoms with E-state index in [-0.39, 0.29) is 5.82 Å². The fraction of sp³-hybridized carbons (Fsp3) is 0.452. The average Bonchev–Trinajstić information content (AvgIpc) is 2.96. The molecule has 2 atom stereocenters. The Morgan fingerprint density at radius 1 is 0.875 bits per heavy atom. The van der Waals surface area contributed by atoms with Gasteiger partial charge >= 0.3 is 0 Å². The summed E-state index contributed by atoms with van der Waals surface area (Å²) in [6.07, 6.45) is 2.98. The van der Waals surface area contributed by atoms with Crippen molar-refractivity contribution in [2.45, 2.75) is 33.1 Å². The molecular weight excluding hydrogens is 521 g/mol. The number of hydrogen-bond acceptors (Lipinski definition) is 6. The van der Waals surface area contributed by atoms with Gasteiger partial charge in [0.1, 0.15) is 17.5 Å². The van der Waals surface area contributed by atoms with Gasteiger partial charge in [-0.2, -0.15) is 9.97 Å². The summed E-state index contributed by atoms with van der Waals surface area (Å²) in [6.45, 7) is 11.0. The standard InChI is InChI=1S/C31H40FN7S/c1-23-19-24(2)22-39(21-23)29-20-28(38-17-15-37(16-18-38)27-8-4-3-5-9-27)34-30(35-29)36-31(40)33-14-6-7-25-10-12-26(32)13-11-25/h3-5,8-13,20,23-24H,6-7,14-19,21-22H2,1-2H3,(H2,33,34,35,36,40)/t23-,24-/m1/s1. The third-order valence-corrected chi connectivity index (χ3v) is 7.93. The molecule has 5 rings (SSSR count). The van der Waals surface area contributed by atoms with E-state index in [4.69, 9.17) is 22.2 Å². The van der Waals surface area contributed by atoms with Gasteiger partial charge in [0.15, 0.2) is 5.11 Å². The van der Waals surface area contributed by atoms with E-state index in [1.54, 1.807) is 0 Å². The highest BCUT2D eigenvalue weighted by Gasteiger charge is 2.25. The van der Waals surface area contributed by atoms with Crippen molar-refractivity contribution in [1.82, 2.24) is 15.3 Å². The van der Waals surface area contributed by atoms with E-state index in [2.05, 4.69) is 75.6 Å². The van der Waals surface area contributed by atoms with Crippen molar-refractivity contribution in [3.05, 3.63) is 72.0 Å². The molecule has 2 aromatic carbocycles. The van der Waals surface area contributed by atoms with Gasteiger partial charge in [0, 0.05) is 57.6 Å². The summed E-state index contributed by atoms with van der Waals surface area (Å²) in [5.74, 6) is 3.45. The van der Waals surface area contributed by atoms with Crippen LogP contribution < -0.4 is 25.3 Å². The van der Waals surface area contributed by atoms with E-state index >= 15 is 0 Å². The number of rotatable bonds is 8. The minimum absolute atomic E-state index is 0.208. The number of aryl methyl sites for hydroxylation is 1. The van der Waals surface area contributed by atoms with Crippen molar-refractivity contribution in [3.8, 4) is 0 Å². The second kappa shape index (κ2) is 13.3. The number of halogens is 1. The zero-order valence-corrected chi connectivity index (χ0v) is 24.3. The Bertz CT molecular complexity index is 1240. The normalized spacial score (nSPS) is 19.4. The van der Waals surface area contributed by atoms with Gasteiger partial charge < -0.3 is 25.3 Å². The number of para-hydroxylation sites is 1. The van der Waals surface area contributed by atoms with Gasteiger partial charge in [0.25, 0.3) is 0 Å². The maximum atomic E-state index is 13.2. The molecule has 3 heterocycles. The van der Waals surface area contributed by atoms with E-state index in [1.807, 2.05) is 12.1 Å². The summed E-state index contributed by atoms with van der Waals surface area (Å²) in [6, 6.07) is 19.4. The predicted octanol–water partition coefficient (Wildman–Crippen LogP) is 5.34. The second-order valence-electron chi connectivity index (χ2n) is 11.2. The molecule has 212 valence electrons. The van der Waals surface area contributed by atoms with Crippen LogP contribution in [0.1, 0.15) is 32.3 Å². The lowest BCUT2D eigenvalue weighted by Gasteiger charge is -2.38. The Hall–Kier alpha value is -3.46. The summed E-state index contributed by atoms with van der Waals surface area (Å²) in [5.41, 5.74) is 2.38. The number of piperidine rings is 1. The number of aromatic nitrogens is 2. The molecular formula is C31H40FN7S. The molecule has 2 aliphatic heterocycles. The van der Waals surface area contributed by atoms with Gasteiger partial charge in [-0.05, 0) is 73.1 Å². The van der Waals surface area contributed by atoms with Crippen LogP contribution in [-0.4, -0.2) is 60.9 Å². The van der Waals surface area contributed by atoms with Crippen LogP contribution in [0.4, 0.5) is 27.7 Å². The summed E-state index contributed by atoms with van der Waals surface area (Å²) in [5, 5.41) is 7.04. The van der Waals surface area contributed by atoms with Crippen molar-refractivity contribution in [2.24, 2.45) is 11.8 Å².